The number of amides is 1. The molecule has 0 unspecified atom stereocenters. The van der Waals surface area contributed by atoms with E-state index in [2.05, 4.69) is 10.1 Å². The summed E-state index contributed by atoms with van der Waals surface area (Å²) in [6.45, 7) is -0.455. The second-order valence-corrected chi connectivity index (χ2v) is 2.99. The van der Waals surface area contributed by atoms with Gasteiger partial charge in [-0.2, -0.15) is 0 Å². The lowest BCUT2D eigenvalue weighted by atomic mass is 10.2. The molecule has 0 bridgehead atoms. The van der Waals surface area contributed by atoms with Crippen LogP contribution in [0.4, 0.5) is 10.1 Å². The number of carbonyl (C=O) groups is 2. The normalized spacial score (nSPS) is 9.62. The predicted octanol–water partition coefficient (Wildman–Crippen LogP) is 0.311. The number of halogens is 1. The number of nitrogens with two attached hydrogens (primary N) is 1. The van der Waals surface area contributed by atoms with Crippen LogP contribution in [-0.2, 0) is 9.53 Å². The molecular weight excluding hydrogens is 215 g/mol. The van der Waals surface area contributed by atoms with Gasteiger partial charge in [-0.25, -0.2) is 9.18 Å². The molecule has 0 fully saturated rings. The van der Waals surface area contributed by atoms with Crippen LogP contribution in [0, 0.1) is 5.82 Å². The zero-order valence-corrected chi connectivity index (χ0v) is 8.62. The van der Waals surface area contributed by atoms with Crippen LogP contribution in [0.2, 0.25) is 0 Å². The number of hydrogen-bond donors (Lipinski definition) is 2. The van der Waals surface area contributed by atoms with E-state index in [0.717, 1.165) is 12.1 Å². The number of benzene rings is 1. The Balaban J connectivity index is 2.73. The summed E-state index contributed by atoms with van der Waals surface area (Å²) in [6.07, 6.45) is 0. The molecule has 6 heteroatoms. The number of esters is 1. The Kier molecular flexibility index (Phi) is 3.82. The van der Waals surface area contributed by atoms with Gasteiger partial charge >= 0.3 is 5.97 Å². The molecule has 1 aromatic rings. The molecule has 86 valence electrons. The summed E-state index contributed by atoms with van der Waals surface area (Å²) in [7, 11) is 1.40. The van der Waals surface area contributed by atoms with Gasteiger partial charge in [-0.1, -0.05) is 0 Å². The first-order chi connectivity index (χ1) is 7.54. The molecule has 3 N–H and O–H groups in total. The van der Waals surface area contributed by atoms with Crippen LogP contribution in [0.5, 0.6) is 0 Å². The van der Waals surface area contributed by atoms with E-state index in [0.29, 0.717) is 0 Å². The van der Waals surface area contributed by atoms with E-state index >= 15 is 0 Å². The van der Waals surface area contributed by atoms with Crippen LogP contribution in [0.1, 0.15) is 10.4 Å². The minimum Gasteiger partial charge on any atom is -0.452 e. The van der Waals surface area contributed by atoms with Gasteiger partial charge in [0.25, 0.3) is 5.91 Å². The minimum absolute atomic E-state index is 0.244. The van der Waals surface area contributed by atoms with Crippen molar-refractivity contribution in [1.82, 2.24) is 5.32 Å². The maximum atomic E-state index is 13.2. The van der Waals surface area contributed by atoms with Crippen molar-refractivity contribution >= 4 is 17.6 Å². The van der Waals surface area contributed by atoms with Crippen molar-refractivity contribution < 1.29 is 18.7 Å². The Bertz CT molecular complexity index is 421. The minimum atomic E-state index is -0.923. The van der Waals surface area contributed by atoms with Crippen molar-refractivity contribution in [3.63, 3.8) is 0 Å². The SMILES string of the molecule is CNC(=O)COC(=O)c1cc(N)ccc1F. The van der Waals surface area contributed by atoms with Crippen molar-refractivity contribution in [2.24, 2.45) is 0 Å². The average molecular weight is 226 g/mol. The van der Waals surface area contributed by atoms with Gasteiger partial charge in [0, 0.05) is 12.7 Å². The number of likely N-dealkylation sites (N-methyl/N-ethyl adjacent to an activating group) is 1. The molecule has 0 aliphatic rings. The highest BCUT2D eigenvalue weighted by atomic mass is 19.1. The first-order valence-corrected chi connectivity index (χ1v) is 4.47. The molecule has 16 heavy (non-hydrogen) atoms. The number of nitrogens with one attached hydrogen (secondary N) is 1. The molecule has 1 aromatic carbocycles. The predicted molar refractivity (Wildman–Crippen MR) is 55.2 cm³/mol. The number of carbonyl (C=O) groups excluding carboxylic acids is 2. The van der Waals surface area contributed by atoms with Gasteiger partial charge in [-0.05, 0) is 18.2 Å². The fourth-order valence-corrected chi connectivity index (χ4v) is 0.980. The van der Waals surface area contributed by atoms with Crippen LogP contribution in [0.25, 0.3) is 0 Å². The van der Waals surface area contributed by atoms with E-state index in [1.54, 1.807) is 0 Å². The number of rotatable bonds is 3. The number of ether oxygens (including phenoxy) is 1. The highest BCUT2D eigenvalue weighted by Crippen LogP contribution is 2.12. The fraction of sp³-hybridized carbons (Fsp3) is 0.200. The highest BCUT2D eigenvalue weighted by molar-refractivity contribution is 5.92. The summed E-state index contributed by atoms with van der Waals surface area (Å²) in [4.78, 5) is 22.1. The Hall–Kier alpha value is -2.11. The number of hydrogen-bond acceptors (Lipinski definition) is 4. The third-order valence-electron chi connectivity index (χ3n) is 1.82. The Morgan fingerprint density at radius 3 is 2.81 bits per heavy atom. The molecule has 0 aliphatic heterocycles. The summed E-state index contributed by atoms with van der Waals surface area (Å²) in [5, 5.41) is 2.26. The maximum absolute atomic E-state index is 13.2. The van der Waals surface area contributed by atoms with Gasteiger partial charge in [0.05, 0.1) is 5.56 Å². The number of nitrogen functional groups attached to an aromatic ring is 1. The van der Waals surface area contributed by atoms with Crippen LogP contribution >= 0.6 is 0 Å². The lowest BCUT2D eigenvalue weighted by Crippen LogP contribution is -2.25. The Morgan fingerprint density at radius 1 is 1.50 bits per heavy atom. The van der Waals surface area contributed by atoms with Crippen molar-refractivity contribution in [3.8, 4) is 0 Å². The topological polar surface area (TPSA) is 81.4 Å². The quantitative estimate of drug-likeness (QED) is 0.574. The van der Waals surface area contributed by atoms with Crippen LogP contribution in [0.3, 0.4) is 0 Å². The third kappa shape index (κ3) is 2.94. The van der Waals surface area contributed by atoms with Gasteiger partial charge in [0.1, 0.15) is 5.82 Å². The monoisotopic (exact) mass is 226 g/mol. The highest BCUT2D eigenvalue weighted by Gasteiger charge is 2.14. The van der Waals surface area contributed by atoms with Gasteiger partial charge in [0.15, 0.2) is 6.61 Å². The molecule has 0 spiro atoms. The van der Waals surface area contributed by atoms with E-state index < -0.39 is 24.3 Å². The lowest BCUT2D eigenvalue weighted by molar-refractivity contribution is -0.123. The molecule has 5 nitrogen and oxygen atoms in total. The first-order valence-electron chi connectivity index (χ1n) is 4.47. The van der Waals surface area contributed by atoms with Crippen molar-refractivity contribution in [2.75, 3.05) is 19.4 Å². The Labute approximate surface area is 91.4 Å². The first kappa shape index (κ1) is 12.0. The van der Waals surface area contributed by atoms with E-state index in [-0.39, 0.29) is 11.3 Å². The van der Waals surface area contributed by atoms with Crippen molar-refractivity contribution in [1.29, 1.82) is 0 Å². The molecule has 0 aliphatic carbocycles. The van der Waals surface area contributed by atoms with Gasteiger partial charge in [-0.15, -0.1) is 0 Å². The average Bonchev–Trinajstić information content (AvgIpc) is 2.28. The van der Waals surface area contributed by atoms with E-state index in [1.807, 2.05) is 0 Å². The molecule has 0 aromatic heterocycles. The summed E-state index contributed by atoms with van der Waals surface area (Å²) in [5.74, 6) is -2.14. The smallest absolute Gasteiger partial charge is 0.341 e. The fourth-order valence-electron chi connectivity index (χ4n) is 0.980. The number of anilines is 1. The zero-order valence-electron chi connectivity index (χ0n) is 8.62. The summed E-state index contributed by atoms with van der Waals surface area (Å²) in [5.41, 5.74) is 5.35. The molecule has 0 heterocycles. The van der Waals surface area contributed by atoms with E-state index in [1.165, 1.54) is 13.1 Å². The molecular formula is C10H11FN2O3. The summed E-state index contributed by atoms with van der Waals surface area (Å²) in [6, 6.07) is 3.54. The molecule has 0 saturated heterocycles. The lowest BCUT2D eigenvalue weighted by Gasteiger charge is -2.05. The van der Waals surface area contributed by atoms with Crippen LogP contribution in [0.15, 0.2) is 18.2 Å². The molecule has 0 radical (unpaired) electrons. The second kappa shape index (κ2) is 5.11. The summed E-state index contributed by atoms with van der Waals surface area (Å²) < 4.78 is 17.7. The van der Waals surface area contributed by atoms with Crippen molar-refractivity contribution in [2.45, 2.75) is 0 Å². The largest absolute Gasteiger partial charge is 0.452 e. The Morgan fingerprint density at radius 2 is 2.19 bits per heavy atom. The maximum Gasteiger partial charge on any atom is 0.341 e. The van der Waals surface area contributed by atoms with Gasteiger partial charge in [0.2, 0.25) is 0 Å². The zero-order chi connectivity index (χ0) is 12.1. The third-order valence-corrected chi connectivity index (χ3v) is 1.82. The standard InChI is InChI=1S/C10H11FN2O3/c1-13-9(14)5-16-10(15)7-4-6(12)2-3-8(7)11/h2-4H,5,12H2,1H3,(H,13,14). The van der Waals surface area contributed by atoms with Crippen LogP contribution in [-0.4, -0.2) is 25.5 Å². The van der Waals surface area contributed by atoms with E-state index in [9.17, 15) is 14.0 Å². The molecule has 0 atom stereocenters. The molecule has 1 amide bonds. The van der Waals surface area contributed by atoms with Crippen LogP contribution < -0.4 is 11.1 Å². The summed E-state index contributed by atoms with van der Waals surface area (Å²) >= 11 is 0. The van der Waals surface area contributed by atoms with Gasteiger partial charge in [-0.3, -0.25) is 4.79 Å². The molecule has 0 saturated carbocycles. The van der Waals surface area contributed by atoms with Crippen molar-refractivity contribution in [3.05, 3.63) is 29.6 Å². The van der Waals surface area contributed by atoms with Gasteiger partial charge < -0.3 is 15.8 Å². The van der Waals surface area contributed by atoms with E-state index in [4.69, 9.17) is 5.73 Å². The second-order valence-electron chi connectivity index (χ2n) is 2.99. The molecule has 1 rings (SSSR count).